The fourth-order valence-electron chi connectivity index (χ4n) is 2.91. The number of amides is 1. The first-order chi connectivity index (χ1) is 10.2. The van der Waals surface area contributed by atoms with Gasteiger partial charge in [0.05, 0.1) is 17.4 Å². The lowest BCUT2D eigenvalue weighted by Crippen LogP contribution is -2.17. The first-order valence-corrected chi connectivity index (χ1v) is 7.83. The number of aromatic nitrogens is 1. The van der Waals surface area contributed by atoms with E-state index in [9.17, 15) is 9.90 Å². The van der Waals surface area contributed by atoms with Crippen LogP contribution in [0.5, 0.6) is 0 Å². The van der Waals surface area contributed by atoms with Crippen LogP contribution < -0.4 is 10.6 Å². The first-order valence-electron chi connectivity index (χ1n) is 7.01. The van der Waals surface area contributed by atoms with E-state index in [4.69, 9.17) is 4.42 Å². The molecule has 1 atom stereocenters. The molecule has 6 nitrogen and oxygen atoms in total. The summed E-state index contributed by atoms with van der Waals surface area (Å²) >= 11 is 1.49. The minimum absolute atomic E-state index is 0.263. The van der Waals surface area contributed by atoms with Crippen LogP contribution >= 0.6 is 11.3 Å². The number of rotatable bonds is 2. The quantitative estimate of drug-likeness (QED) is 0.789. The highest BCUT2D eigenvalue weighted by molar-refractivity contribution is 7.15. The zero-order valence-corrected chi connectivity index (χ0v) is 12.1. The lowest BCUT2D eigenvalue weighted by molar-refractivity contribution is 0.101. The smallest absolute Gasteiger partial charge is 0.261 e. The third-order valence-electron chi connectivity index (χ3n) is 3.95. The molecular weight excluding hydrogens is 290 g/mol. The average Bonchev–Trinajstić information content (AvgIpc) is 3.11. The molecule has 110 valence electrons. The monoisotopic (exact) mass is 305 g/mol. The number of aliphatic hydroxyl groups is 1. The van der Waals surface area contributed by atoms with Crippen molar-refractivity contribution in [3.8, 4) is 0 Å². The topological polar surface area (TPSA) is 87.4 Å². The normalized spacial score (nSPS) is 20.1. The summed E-state index contributed by atoms with van der Waals surface area (Å²) in [6.45, 7) is 1.56. The molecule has 1 aliphatic heterocycles. The molecule has 3 heterocycles. The fourth-order valence-corrected chi connectivity index (χ4v) is 3.86. The van der Waals surface area contributed by atoms with Gasteiger partial charge in [-0.3, -0.25) is 10.1 Å². The maximum absolute atomic E-state index is 12.4. The van der Waals surface area contributed by atoms with E-state index in [1.807, 2.05) is 0 Å². The van der Waals surface area contributed by atoms with Gasteiger partial charge in [-0.15, -0.1) is 11.3 Å². The molecule has 3 N–H and O–H groups in total. The largest absolute Gasteiger partial charge is 0.468 e. The lowest BCUT2D eigenvalue weighted by Gasteiger charge is -2.17. The molecule has 2 aromatic heterocycles. The van der Waals surface area contributed by atoms with Crippen molar-refractivity contribution >= 4 is 22.4 Å². The Bertz CT molecular complexity index is 685. The minimum atomic E-state index is -0.612. The Morgan fingerprint density at radius 1 is 1.52 bits per heavy atom. The molecule has 0 radical (unpaired) electrons. The molecular formula is C14H15N3O3S. The standard InChI is InChI=1S/C14H15N3O3S/c18-9-2-1-3-10-12(9)7(6-20-10)13(19)17-14-16-8-4-15-5-11(8)21-14/h6,9,15,18H,1-5H2,(H,16,17,19). The summed E-state index contributed by atoms with van der Waals surface area (Å²) in [6, 6.07) is 0. The van der Waals surface area contributed by atoms with E-state index < -0.39 is 6.10 Å². The summed E-state index contributed by atoms with van der Waals surface area (Å²) in [5.74, 6) is 0.464. The van der Waals surface area contributed by atoms with Crippen LogP contribution in [0.1, 0.15) is 51.2 Å². The lowest BCUT2D eigenvalue weighted by atomic mass is 9.92. The number of fused-ring (bicyclic) bond motifs is 2. The number of nitrogens with zero attached hydrogens (tertiary/aromatic N) is 1. The number of furan rings is 1. The van der Waals surface area contributed by atoms with Gasteiger partial charge in [0.1, 0.15) is 12.0 Å². The number of carbonyl (C=O) groups is 1. The second kappa shape index (κ2) is 4.94. The molecule has 1 unspecified atom stereocenters. The highest BCUT2D eigenvalue weighted by Gasteiger charge is 2.28. The Morgan fingerprint density at radius 3 is 3.29 bits per heavy atom. The number of nitrogens with one attached hydrogen (secondary N) is 2. The van der Waals surface area contributed by atoms with Crippen LogP contribution in [0.2, 0.25) is 0 Å². The van der Waals surface area contributed by atoms with E-state index in [0.717, 1.165) is 37.4 Å². The number of aliphatic hydroxyl groups excluding tert-OH is 1. The molecule has 21 heavy (non-hydrogen) atoms. The predicted octanol–water partition coefficient (Wildman–Crippen LogP) is 1.96. The van der Waals surface area contributed by atoms with Gasteiger partial charge in [0.2, 0.25) is 0 Å². The van der Waals surface area contributed by atoms with Gasteiger partial charge in [0.25, 0.3) is 5.91 Å². The van der Waals surface area contributed by atoms with Crippen LogP contribution in [0.4, 0.5) is 5.13 Å². The molecule has 4 rings (SSSR count). The van der Waals surface area contributed by atoms with Gasteiger partial charge in [-0.05, 0) is 12.8 Å². The van der Waals surface area contributed by atoms with E-state index in [-0.39, 0.29) is 5.91 Å². The minimum Gasteiger partial charge on any atom is -0.468 e. The highest BCUT2D eigenvalue weighted by Crippen LogP contribution is 2.34. The SMILES string of the molecule is O=C(Nc1nc2c(s1)CNC2)c1coc2c1C(O)CCC2. The van der Waals surface area contributed by atoms with E-state index >= 15 is 0 Å². The highest BCUT2D eigenvalue weighted by atomic mass is 32.1. The maximum Gasteiger partial charge on any atom is 0.261 e. The van der Waals surface area contributed by atoms with Crippen molar-refractivity contribution < 1.29 is 14.3 Å². The number of aryl methyl sites for hydroxylation is 1. The number of hydrogen-bond donors (Lipinski definition) is 3. The van der Waals surface area contributed by atoms with Gasteiger partial charge >= 0.3 is 0 Å². The third-order valence-corrected chi connectivity index (χ3v) is 4.96. The molecule has 2 aliphatic rings. The molecule has 0 aromatic carbocycles. The Kier molecular flexibility index (Phi) is 3.06. The maximum atomic E-state index is 12.4. The van der Waals surface area contributed by atoms with Crippen molar-refractivity contribution in [2.24, 2.45) is 0 Å². The molecule has 0 spiro atoms. The Morgan fingerprint density at radius 2 is 2.43 bits per heavy atom. The van der Waals surface area contributed by atoms with Crippen molar-refractivity contribution in [3.05, 3.63) is 33.7 Å². The van der Waals surface area contributed by atoms with E-state index in [2.05, 4.69) is 15.6 Å². The summed E-state index contributed by atoms with van der Waals surface area (Å²) in [4.78, 5) is 18.0. The van der Waals surface area contributed by atoms with Crippen molar-refractivity contribution in [3.63, 3.8) is 0 Å². The first kappa shape index (κ1) is 13.0. The molecule has 2 aromatic rings. The second-order valence-electron chi connectivity index (χ2n) is 5.34. The number of carbonyl (C=O) groups excluding carboxylic acids is 1. The predicted molar refractivity (Wildman–Crippen MR) is 77.2 cm³/mol. The van der Waals surface area contributed by atoms with Gasteiger partial charge in [-0.2, -0.15) is 0 Å². The van der Waals surface area contributed by atoms with Crippen LogP contribution in [0.3, 0.4) is 0 Å². The third kappa shape index (κ3) is 2.17. The van der Waals surface area contributed by atoms with E-state index in [0.29, 0.717) is 22.7 Å². The van der Waals surface area contributed by atoms with Crippen molar-refractivity contribution in [1.29, 1.82) is 0 Å². The Labute approximate surface area is 125 Å². The zero-order valence-electron chi connectivity index (χ0n) is 11.3. The summed E-state index contributed by atoms with van der Waals surface area (Å²) in [5.41, 5.74) is 2.07. The number of hydrogen-bond acceptors (Lipinski definition) is 6. The van der Waals surface area contributed by atoms with Crippen LogP contribution in [-0.2, 0) is 19.5 Å². The average molecular weight is 305 g/mol. The van der Waals surface area contributed by atoms with Gasteiger partial charge in [-0.25, -0.2) is 4.98 Å². The van der Waals surface area contributed by atoms with Gasteiger partial charge in [-0.1, -0.05) is 0 Å². The van der Waals surface area contributed by atoms with E-state index in [1.54, 1.807) is 0 Å². The summed E-state index contributed by atoms with van der Waals surface area (Å²) < 4.78 is 5.43. The second-order valence-corrected chi connectivity index (χ2v) is 6.42. The van der Waals surface area contributed by atoms with Gasteiger partial charge < -0.3 is 14.8 Å². The van der Waals surface area contributed by atoms with Gasteiger partial charge in [0.15, 0.2) is 5.13 Å². The molecule has 1 amide bonds. The Balaban J connectivity index is 1.59. The fraction of sp³-hybridized carbons (Fsp3) is 0.429. The molecule has 7 heteroatoms. The van der Waals surface area contributed by atoms with Crippen LogP contribution in [0, 0.1) is 0 Å². The van der Waals surface area contributed by atoms with E-state index in [1.165, 1.54) is 22.5 Å². The summed E-state index contributed by atoms with van der Waals surface area (Å²) in [5, 5.41) is 16.7. The number of thiazole rings is 1. The van der Waals surface area contributed by atoms with Crippen LogP contribution in [0.25, 0.3) is 0 Å². The van der Waals surface area contributed by atoms with Gasteiger partial charge in [0, 0.05) is 30.0 Å². The molecule has 0 fully saturated rings. The number of anilines is 1. The van der Waals surface area contributed by atoms with Crippen LogP contribution in [0.15, 0.2) is 10.7 Å². The summed E-state index contributed by atoms with van der Waals surface area (Å²) in [7, 11) is 0. The molecule has 1 aliphatic carbocycles. The zero-order chi connectivity index (χ0) is 14.4. The molecule has 0 bridgehead atoms. The molecule has 0 saturated heterocycles. The summed E-state index contributed by atoms with van der Waals surface area (Å²) in [6.07, 6.45) is 3.16. The van der Waals surface area contributed by atoms with Crippen LogP contribution in [-0.4, -0.2) is 16.0 Å². The van der Waals surface area contributed by atoms with Crippen molar-refractivity contribution in [2.45, 2.75) is 38.5 Å². The van der Waals surface area contributed by atoms with Crippen molar-refractivity contribution in [2.75, 3.05) is 5.32 Å². The van der Waals surface area contributed by atoms with Crippen molar-refractivity contribution in [1.82, 2.24) is 10.3 Å². The molecule has 0 saturated carbocycles. The Hall–Kier alpha value is -1.70.